The van der Waals surface area contributed by atoms with Crippen molar-refractivity contribution in [2.75, 3.05) is 28.2 Å². The van der Waals surface area contributed by atoms with Crippen molar-refractivity contribution in [2.45, 2.75) is 123 Å². The van der Waals surface area contributed by atoms with E-state index in [1.807, 2.05) is 44.2 Å². The molecule has 3 heterocycles. The van der Waals surface area contributed by atoms with Crippen molar-refractivity contribution in [1.82, 2.24) is 40.4 Å². The number of rotatable bonds is 14. The first-order valence-electron chi connectivity index (χ1n) is 22.5. The van der Waals surface area contributed by atoms with Crippen LogP contribution in [0.25, 0.3) is 33.5 Å². The fourth-order valence-electron chi connectivity index (χ4n) is 8.99. The zero-order chi connectivity index (χ0) is 45.8. The van der Waals surface area contributed by atoms with Gasteiger partial charge in [-0.2, -0.15) is 0 Å². The summed E-state index contributed by atoms with van der Waals surface area (Å²) >= 11 is 0. The van der Waals surface area contributed by atoms with Crippen LogP contribution in [0.3, 0.4) is 0 Å². The maximum absolute atomic E-state index is 14.2. The minimum absolute atomic E-state index is 0.133. The highest BCUT2D eigenvalue weighted by Crippen LogP contribution is 2.58. The number of amides is 4. The van der Waals surface area contributed by atoms with E-state index in [0.29, 0.717) is 17.9 Å². The monoisotopic (exact) mass is 871 g/mol. The number of ether oxygens (including phenoxy) is 2. The minimum Gasteiger partial charge on any atom is -0.432 e. The summed E-state index contributed by atoms with van der Waals surface area (Å²) in [7, 11) is 6.47. The van der Waals surface area contributed by atoms with Gasteiger partial charge in [0.05, 0.1) is 52.6 Å². The van der Waals surface area contributed by atoms with Crippen LogP contribution in [0.1, 0.15) is 110 Å². The van der Waals surface area contributed by atoms with Crippen LogP contribution in [0, 0.1) is 21.7 Å². The van der Waals surface area contributed by atoms with Crippen molar-refractivity contribution in [3.8, 4) is 22.5 Å². The lowest BCUT2D eigenvalue weighted by Gasteiger charge is -2.37. The van der Waals surface area contributed by atoms with E-state index >= 15 is 0 Å². The molecule has 2 aromatic heterocycles. The zero-order valence-electron chi connectivity index (χ0n) is 38.8. The van der Waals surface area contributed by atoms with E-state index in [2.05, 4.69) is 35.5 Å². The number of carbonyl (C=O) groups excluding carboxylic acids is 4. The summed E-state index contributed by atoms with van der Waals surface area (Å²) in [6.07, 6.45) is 10.0. The molecule has 0 saturated heterocycles. The van der Waals surface area contributed by atoms with Crippen LogP contribution in [0.2, 0.25) is 0 Å². The number of aromatic amines is 1. The Morgan fingerprint density at radius 1 is 0.688 bits per heavy atom. The Kier molecular flexibility index (Phi) is 10.1. The van der Waals surface area contributed by atoms with Crippen LogP contribution in [-0.2, 0) is 25.5 Å². The maximum Gasteiger partial charge on any atom is 0.410 e. The Bertz CT molecular complexity index is 2600. The van der Waals surface area contributed by atoms with Crippen LogP contribution < -0.4 is 10.6 Å². The summed E-state index contributed by atoms with van der Waals surface area (Å²) in [5.74, 6) is 0.0571. The molecule has 1 aliphatic heterocycles. The van der Waals surface area contributed by atoms with Gasteiger partial charge in [0.1, 0.15) is 5.82 Å². The van der Waals surface area contributed by atoms with Crippen LogP contribution in [0.5, 0.6) is 0 Å². The van der Waals surface area contributed by atoms with Gasteiger partial charge in [0.2, 0.25) is 0 Å². The smallest absolute Gasteiger partial charge is 0.410 e. The minimum atomic E-state index is -1.34. The highest BCUT2D eigenvalue weighted by Gasteiger charge is 2.63. The largest absolute Gasteiger partial charge is 0.432 e. The molecule has 15 heteroatoms. The van der Waals surface area contributed by atoms with E-state index in [1.165, 1.54) is 9.80 Å². The van der Waals surface area contributed by atoms with Crippen molar-refractivity contribution in [3.63, 3.8) is 0 Å². The molecular formula is C49H61N9O6. The van der Waals surface area contributed by atoms with E-state index < -0.39 is 40.3 Å². The fraction of sp³-hybridized carbons (Fsp3) is 0.551. The molecule has 338 valence electrons. The number of H-pyrrole nitrogens is 1. The first kappa shape index (κ1) is 43.4. The Balaban J connectivity index is 0.900. The van der Waals surface area contributed by atoms with Crippen LogP contribution in [0.4, 0.5) is 15.3 Å². The molecule has 4 amide bonds. The fourth-order valence-corrected chi connectivity index (χ4v) is 8.99. The predicted octanol–water partition coefficient (Wildman–Crippen LogP) is 8.07. The van der Waals surface area contributed by atoms with Crippen LogP contribution in [0.15, 0.2) is 53.8 Å². The van der Waals surface area contributed by atoms with Gasteiger partial charge in [-0.05, 0) is 106 Å². The molecule has 2 aromatic carbocycles. The Labute approximate surface area is 374 Å². The molecule has 9 rings (SSSR count). The van der Waals surface area contributed by atoms with Crippen molar-refractivity contribution in [1.29, 1.82) is 0 Å². The molecule has 4 fully saturated rings. The van der Waals surface area contributed by atoms with Gasteiger partial charge in [0.25, 0.3) is 11.8 Å². The van der Waals surface area contributed by atoms with E-state index in [0.717, 1.165) is 96.2 Å². The van der Waals surface area contributed by atoms with Crippen LogP contribution in [-0.4, -0.2) is 105 Å². The molecule has 0 unspecified atom stereocenters. The molecule has 4 aliphatic carbocycles. The Hall–Kier alpha value is -5.86. The number of nitrogens with one attached hydrogen (secondary N) is 3. The molecule has 15 nitrogen and oxygen atoms in total. The number of hydrogen-bond acceptors (Lipinski definition) is 10. The lowest BCUT2D eigenvalue weighted by Crippen LogP contribution is -2.59. The summed E-state index contributed by atoms with van der Waals surface area (Å²) in [6.45, 7) is 11.8. The molecule has 5 aliphatic rings. The second kappa shape index (κ2) is 14.8. The van der Waals surface area contributed by atoms with Gasteiger partial charge >= 0.3 is 12.2 Å². The molecule has 0 radical (unpaired) electrons. The lowest BCUT2D eigenvalue weighted by atomic mass is 9.84. The third kappa shape index (κ3) is 7.57. The average molecular weight is 872 g/mol. The molecule has 0 spiro atoms. The summed E-state index contributed by atoms with van der Waals surface area (Å²) in [6, 6.07) is 11.3. The molecule has 4 atom stereocenters. The van der Waals surface area contributed by atoms with Crippen molar-refractivity contribution in [3.05, 3.63) is 60.2 Å². The number of imidazole rings is 1. The molecule has 64 heavy (non-hydrogen) atoms. The normalized spacial score (nSPS) is 21.7. The predicted molar refractivity (Wildman–Crippen MR) is 243 cm³/mol. The van der Waals surface area contributed by atoms with Gasteiger partial charge < -0.3 is 34.9 Å². The van der Waals surface area contributed by atoms with Crippen molar-refractivity contribution >= 4 is 46.4 Å². The third-order valence-electron chi connectivity index (χ3n) is 15.6. The van der Waals surface area contributed by atoms with Gasteiger partial charge in [-0.1, -0.05) is 39.8 Å². The second-order valence-electron chi connectivity index (χ2n) is 21.1. The number of fused-ring (bicyclic) bond motifs is 2. The van der Waals surface area contributed by atoms with Gasteiger partial charge in [-0.25, -0.2) is 14.6 Å². The number of hydrogen-bond donors (Lipinski definition) is 3. The molecule has 0 bridgehead atoms. The summed E-state index contributed by atoms with van der Waals surface area (Å²) < 4.78 is 11.8. The topological polar surface area (TPSA) is 184 Å². The SMILES string of the molecule is CN(C)C(=O)O[C@@](C)(C(=O)N[C@H](C1=Nc2ccc(-c3cnc(-c4ccc5nc([C@@H](NC(=O)[C@](C)(OC(=O)N(C)C)C6(C)CC6)C6(C)CC6)[nH]c5c4)cn3)cc2C1)C1(C)CC1)C1(C)CC1. The molecule has 3 N–H and O–H groups in total. The van der Waals surface area contributed by atoms with Gasteiger partial charge in [-0.15, -0.1) is 0 Å². The lowest BCUT2D eigenvalue weighted by molar-refractivity contribution is -0.147. The Morgan fingerprint density at radius 2 is 1.17 bits per heavy atom. The van der Waals surface area contributed by atoms with Crippen molar-refractivity contribution in [2.24, 2.45) is 26.7 Å². The van der Waals surface area contributed by atoms with Gasteiger partial charge in [-0.3, -0.25) is 24.5 Å². The van der Waals surface area contributed by atoms with E-state index in [4.69, 9.17) is 29.4 Å². The standard InChI is InChI=1S/C49H61N9O6/c1-44(15-16-44)37(55-40(59)48(5,46(3)19-20-46)63-42(61)57(7)8)34-25-30-23-28(11-13-31(30)52-34)35-26-51-36(27-50-35)29-12-14-32-33(24-29)54-39(53-32)38(45(2)17-18-45)56-41(60)49(6,47(4)21-22-47)64-43(62)58(9)10/h11-14,23-24,26-27,37-38H,15-22,25H2,1-10H3,(H,53,54)(H,55,59)(H,56,60)/t37-,38-,48+,49+/m1/s1. The average Bonchev–Trinajstić information content (AvgIpc) is 4.21. The summed E-state index contributed by atoms with van der Waals surface area (Å²) in [4.78, 5) is 79.6. The van der Waals surface area contributed by atoms with E-state index in [9.17, 15) is 19.2 Å². The van der Waals surface area contributed by atoms with E-state index in [1.54, 1.807) is 54.4 Å². The zero-order valence-corrected chi connectivity index (χ0v) is 38.8. The number of carbonyl (C=O) groups is 4. The Morgan fingerprint density at radius 3 is 1.66 bits per heavy atom. The maximum atomic E-state index is 14.2. The first-order chi connectivity index (χ1) is 30.1. The quantitative estimate of drug-likeness (QED) is 0.113. The summed E-state index contributed by atoms with van der Waals surface area (Å²) in [5, 5.41) is 6.59. The number of aliphatic imine (C=N–C) groups is 1. The number of nitrogens with zero attached hydrogens (tertiary/aromatic N) is 6. The third-order valence-corrected chi connectivity index (χ3v) is 15.6. The molecule has 4 saturated carbocycles. The second-order valence-corrected chi connectivity index (χ2v) is 21.1. The van der Waals surface area contributed by atoms with Gasteiger partial charge in [0.15, 0.2) is 11.2 Å². The first-order valence-corrected chi connectivity index (χ1v) is 22.5. The molecular weight excluding hydrogens is 811 g/mol. The number of benzene rings is 2. The van der Waals surface area contributed by atoms with Crippen molar-refractivity contribution < 1.29 is 28.7 Å². The van der Waals surface area contributed by atoms with E-state index in [-0.39, 0.29) is 28.7 Å². The molecule has 4 aromatic rings. The number of aromatic nitrogens is 4. The highest BCUT2D eigenvalue weighted by molar-refractivity contribution is 6.02. The van der Waals surface area contributed by atoms with Gasteiger partial charge in [0, 0.05) is 62.3 Å². The summed E-state index contributed by atoms with van der Waals surface area (Å²) in [5.41, 5.74) is 3.74. The van der Waals surface area contributed by atoms with Crippen LogP contribution >= 0.6 is 0 Å². The highest BCUT2D eigenvalue weighted by atomic mass is 16.6.